The molecule has 0 radical (unpaired) electrons. The molecule has 0 aliphatic rings. The van der Waals surface area contributed by atoms with E-state index in [1.807, 2.05) is 24.3 Å². The number of thioether (sulfide) groups is 1. The van der Waals surface area contributed by atoms with Gasteiger partial charge in [-0.2, -0.15) is 0 Å². The number of hydrogen-bond donors (Lipinski definition) is 0. The first-order chi connectivity index (χ1) is 9.22. The summed E-state index contributed by atoms with van der Waals surface area (Å²) in [4.78, 5) is 4.24. The van der Waals surface area contributed by atoms with Gasteiger partial charge in [-0.1, -0.05) is 41.6 Å². The monoisotopic (exact) mass is 293 g/mol. The highest BCUT2D eigenvalue weighted by atomic mass is 35.5. The molecule has 0 aliphatic carbocycles. The maximum absolute atomic E-state index is 13.4. The summed E-state index contributed by atoms with van der Waals surface area (Å²) in [5.41, 5.74) is 1.86. The van der Waals surface area contributed by atoms with E-state index >= 15 is 0 Å². The number of rotatable bonds is 3. The van der Waals surface area contributed by atoms with Crippen LogP contribution in [0.2, 0.25) is 5.02 Å². The standard InChI is InChI=1S/C14H9ClFNOS/c15-10-6-4-9(5-7-10)8-19-14-17-12-3-1-2-11(16)13(12)18-14/h1-7H,8H2. The number of fused-ring (bicyclic) bond motifs is 1. The number of para-hydroxylation sites is 1. The minimum Gasteiger partial charge on any atom is -0.428 e. The largest absolute Gasteiger partial charge is 0.428 e. The maximum Gasteiger partial charge on any atom is 0.257 e. The van der Waals surface area contributed by atoms with Gasteiger partial charge in [0.1, 0.15) is 5.52 Å². The second-order valence-electron chi connectivity index (χ2n) is 3.98. The Balaban J connectivity index is 1.78. The van der Waals surface area contributed by atoms with Crippen LogP contribution in [0.3, 0.4) is 0 Å². The van der Waals surface area contributed by atoms with Crippen molar-refractivity contribution in [2.24, 2.45) is 0 Å². The summed E-state index contributed by atoms with van der Waals surface area (Å²) >= 11 is 7.25. The van der Waals surface area contributed by atoms with Crippen molar-refractivity contribution in [3.63, 3.8) is 0 Å². The van der Waals surface area contributed by atoms with Crippen LogP contribution < -0.4 is 0 Å². The Hall–Kier alpha value is -1.52. The molecule has 0 atom stereocenters. The number of benzene rings is 2. The van der Waals surface area contributed by atoms with E-state index in [2.05, 4.69) is 4.98 Å². The topological polar surface area (TPSA) is 26.0 Å². The quantitative estimate of drug-likeness (QED) is 0.642. The lowest BCUT2D eigenvalue weighted by Gasteiger charge is -1.98. The lowest BCUT2D eigenvalue weighted by atomic mass is 10.2. The summed E-state index contributed by atoms with van der Waals surface area (Å²) in [7, 11) is 0. The second kappa shape index (κ2) is 5.23. The van der Waals surface area contributed by atoms with Crippen LogP contribution >= 0.6 is 23.4 Å². The van der Waals surface area contributed by atoms with Crippen molar-refractivity contribution in [2.45, 2.75) is 11.0 Å². The van der Waals surface area contributed by atoms with Gasteiger partial charge in [-0.05, 0) is 29.8 Å². The fourth-order valence-electron chi connectivity index (χ4n) is 1.68. The van der Waals surface area contributed by atoms with Crippen LogP contribution in [0.25, 0.3) is 11.1 Å². The van der Waals surface area contributed by atoms with Crippen LogP contribution in [0, 0.1) is 5.82 Å². The molecule has 2 aromatic carbocycles. The average molecular weight is 294 g/mol. The summed E-state index contributed by atoms with van der Waals surface area (Å²) in [6.07, 6.45) is 0. The molecule has 3 rings (SSSR count). The van der Waals surface area contributed by atoms with Gasteiger partial charge >= 0.3 is 0 Å². The predicted molar refractivity (Wildman–Crippen MR) is 75.0 cm³/mol. The molecular weight excluding hydrogens is 285 g/mol. The molecule has 3 aromatic rings. The van der Waals surface area contributed by atoms with Gasteiger partial charge in [0.05, 0.1) is 0 Å². The zero-order chi connectivity index (χ0) is 13.2. The summed E-state index contributed by atoms with van der Waals surface area (Å²) in [6.45, 7) is 0. The lowest BCUT2D eigenvalue weighted by Crippen LogP contribution is -1.79. The third-order valence-corrected chi connectivity index (χ3v) is 3.77. The summed E-state index contributed by atoms with van der Waals surface area (Å²) in [5, 5.41) is 1.17. The molecule has 0 fully saturated rings. The van der Waals surface area contributed by atoms with Gasteiger partial charge in [0, 0.05) is 10.8 Å². The van der Waals surface area contributed by atoms with Gasteiger partial charge in [-0.25, -0.2) is 9.37 Å². The minimum atomic E-state index is -0.386. The smallest absolute Gasteiger partial charge is 0.257 e. The molecule has 5 heteroatoms. The van der Waals surface area contributed by atoms with E-state index in [4.69, 9.17) is 16.0 Å². The highest BCUT2D eigenvalue weighted by molar-refractivity contribution is 7.98. The molecule has 0 bridgehead atoms. The molecule has 0 saturated carbocycles. The van der Waals surface area contributed by atoms with Crippen molar-refractivity contribution in [3.05, 3.63) is 58.9 Å². The van der Waals surface area contributed by atoms with Crippen LogP contribution in [0.4, 0.5) is 4.39 Å². The van der Waals surface area contributed by atoms with Gasteiger partial charge in [-0.3, -0.25) is 0 Å². The van der Waals surface area contributed by atoms with E-state index in [0.29, 0.717) is 21.5 Å². The van der Waals surface area contributed by atoms with Gasteiger partial charge < -0.3 is 4.42 Å². The molecule has 0 spiro atoms. The minimum absolute atomic E-state index is 0.209. The maximum atomic E-state index is 13.4. The highest BCUT2D eigenvalue weighted by Crippen LogP contribution is 2.27. The molecule has 1 aromatic heterocycles. The van der Waals surface area contributed by atoms with Gasteiger partial charge in [-0.15, -0.1) is 0 Å². The summed E-state index contributed by atoms with van der Waals surface area (Å²) in [6, 6.07) is 12.3. The van der Waals surface area contributed by atoms with Gasteiger partial charge in [0.2, 0.25) is 0 Å². The van der Waals surface area contributed by atoms with Crippen LogP contribution in [-0.4, -0.2) is 4.98 Å². The van der Waals surface area contributed by atoms with Crippen molar-refractivity contribution in [1.29, 1.82) is 0 Å². The van der Waals surface area contributed by atoms with Crippen LogP contribution in [0.1, 0.15) is 5.56 Å². The Labute approximate surface area is 118 Å². The Morgan fingerprint density at radius 1 is 1.16 bits per heavy atom. The first-order valence-electron chi connectivity index (χ1n) is 5.65. The number of nitrogens with zero attached hydrogens (tertiary/aromatic N) is 1. The molecular formula is C14H9ClFNOS. The Morgan fingerprint density at radius 3 is 2.68 bits per heavy atom. The summed E-state index contributed by atoms with van der Waals surface area (Å²) < 4.78 is 18.8. The van der Waals surface area contributed by atoms with Crippen molar-refractivity contribution in [1.82, 2.24) is 4.98 Å². The highest BCUT2D eigenvalue weighted by Gasteiger charge is 2.10. The zero-order valence-electron chi connectivity index (χ0n) is 9.77. The predicted octanol–water partition coefficient (Wildman–Crippen LogP) is 4.91. The molecule has 2 nitrogen and oxygen atoms in total. The number of oxazole rings is 1. The number of halogens is 2. The molecule has 19 heavy (non-hydrogen) atoms. The number of aromatic nitrogens is 1. The molecule has 0 unspecified atom stereocenters. The van der Waals surface area contributed by atoms with E-state index in [1.165, 1.54) is 17.8 Å². The van der Waals surface area contributed by atoms with Crippen molar-refractivity contribution in [3.8, 4) is 0 Å². The molecule has 0 N–H and O–H groups in total. The van der Waals surface area contributed by atoms with E-state index < -0.39 is 0 Å². The third-order valence-electron chi connectivity index (χ3n) is 2.62. The lowest BCUT2D eigenvalue weighted by molar-refractivity contribution is 0.470. The Morgan fingerprint density at radius 2 is 1.95 bits per heavy atom. The van der Waals surface area contributed by atoms with E-state index in [-0.39, 0.29) is 11.4 Å². The molecule has 96 valence electrons. The molecule has 0 amide bonds. The molecule has 0 saturated heterocycles. The van der Waals surface area contributed by atoms with Crippen molar-refractivity contribution >= 4 is 34.5 Å². The summed E-state index contributed by atoms with van der Waals surface area (Å²) in [5.74, 6) is 0.314. The first kappa shape index (κ1) is 12.5. The number of hydrogen-bond acceptors (Lipinski definition) is 3. The van der Waals surface area contributed by atoms with Crippen LogP contribution in [0.15, 0.2) is 52.1 Å². The average Bonchev–Trinajstić information content (AvgIpc) is 2.83. The van der Waals surface area contributed by atoms with Gasteiger partial charge in [0.15, 0.2) is 11.4 Å². The fraction of sp³-hybridized carbons (Fsp3) is 0.0714. The SMILES string of the molecule is Fc1cccc2nc(SCc3ccc(Cl)cc3)oc12. The van der Waals surface area contributed by atoms with Crippen LogP contribution in [-0.2, 0) is 5.75 Å². The van der Waals surface area contributed by atoms with Crippen molar-refractivity contribution < 1.29 is 8.81 Å². The van der Waals surface area contributed by atoms with E-state index in [1.54, 1.807) is 12.1 Å². The third kappa shape index (κ3) is 2.74. The van der Waals surface area contributed by atoms with Gasteiger partial charge in [0.25, 0.3) is 5.22 Å². The zero-order valence-corrected chi connectivity index (χ0v) is 11.3. The fourth-order valence-corrected chi connectivity index (χ4v) is 2.60. The normalized spacial score (nSPS) is 11.1. The second-order valence-corrected chi connectivity index (χ2v) is 5.35. The van der Waals surface area contributed by atoms with E-state index in [9.17, 15) is 4.39 Å². The van der Waals surface area contributed by atoms with Crippen LogP contribution in [0.5, 0.6) is 0 Å². The van der Waals surface area contributed by atoms with Crippen molar-refractivity contribution in [2.75, 3.05) is 0 Å². The Kier molecular flexibility index (Phi) is 3.44. The van der Waals surface area contributed by atoms with E-state index in [0.717, 1.165) is 5.56 Å². The first-order valence-corrected chi connectivity index (χ1v) is 7.01. The molecule has 1 heterocycles. The Bertz CT molecular complexity index is 711. The molecule has 0 aliphatic heterocycles.